The molecule has 1 aromatic heterocycles. The van der Waals surface area contributed by atoms with Crippen LogP contribution < -0.4 is 34.6 Å². The minimum atomic E-state index is -0.879. The van der Waals surface area contributed by atoms with Crippen LogP contribution in [0.25, 0.3) is 11.0 Å². The van der Waals surface area contributed by atoms with Gasteiger partial charge in [0.25, 0.3) is 0 Å². The molecular formula is C28H23NO9. The van der Waals surface area contributed by atoms with Gasteiger partial charge < -0.3 is 38.5 Å². The Morgan fingerprint density at radius 2 is 1.79 bits per heavy atom. The molecule has 0 bridgehead atoms. The number of aromatic hydroxyl groups is 1. The largest absolute Gasteiger partial charge is 0.507 e. The van der Waals surface area contributed by atoms with E-state index in [1.54, 1.807) is 48.5 Å². The fraction of sp³-hybridized carbons (Fsp3) is 0.214. The third kappa shape index (κ3) is 4.19. The number of carbonyl (C=O) groups is 1. The second-order valence-corrected chi connectivity index (χ2v) is 8.83. The van der Waals surface area contributed by atoms with Crippen molar-refractivity contribution >= 4 is 16.9 Å². The van der Waals surface area contributed by atoms with Crippen molar-refractivity contribution in [3.8, 4) is 34.5 Å². The molecule has 4 aromatic rings. The molecule has 38 heavy (non-hydrogen) atoms. The number of fused-ring (bicyclic) bond motifs is 3. The van der Waals surface area contributed by atoms with Crippen LogP contribution >= 0.6 is 0 Å². The molecule has 6 rings (SSSR count). The quantitative estimate of drug-likeness (QED) is 0.352. The van der Waals surface area contributed by atoms with E-state index >= 15 is 0 Å². The van der Waals surface area contributed by atoms with E-state index in [0.29, 0.717) is 39.7 Å². The summed E-state index contributed by atoms with van der Waals surface area (Å²) in [7, 11) is 1.48. The van der Waals surface area contributed by atoms with Gasteiger partial charge in [-0.2, -0.15) is 0 Å². The van der Waals surface area contributed by atoms with Gasteiger partial charge in [-0.25, -0.2) is 4.79 Å². The molecule has 1 atom stereocenters. The Morgan fingerprint density at radius 3 is 2.66 bits per heavy atom. The number of ether oxygens (including phenoxy) is 5. The van der Waals surface area contributed by atoms with Gasteiger partial charge in [0, 0.05) is 18.9 Å². The molecule has 1 amide bonds. The van der Waals surface area contributed by atoms with Crippen molar-refractivity contribution in [3.63, 3.8) is 0 Å². The van der Waals surface area contributed by atoms with Gasteiger partial charge in [0.05, 0.1) is 18.1 Å². The Hall–Kier alpha value is -4.86. The monoisotopic (exact) mass is 517 g/mol. The molecule has 0 spiro atoms. The van der Waals surface area contributed by atoms with Crippen molar-refractivity contribution in [3.05, 3.63) is 81.7 Å². The van der Waals surface area contributed by atoms with Crippen molar-refractivity contribution in [2.75, 3.05) is 20.7 Å². The van der Waals surface area contributed by atoms with E-state index in [1.807, 2.05) is 6.07 Å². The normalized spacial score (nSPS) is 13.9. The second kappa shape index (κ2) is 9.55. The van der Waals surface area contributed by atoms with Crippen LogP contribution in [0.1, 0.15) is 29.0 Å². The number of hydrogen-bond donors (Lipinski definition) is 2. The molecule has 3 heterocycles. The van der Waals surface area contributed by atoms with Crippen molar-refractivity contribution in [2.24, 2.45) is 0 Å². The third-order valence-corrected chi connectivity index (χ3v) is 6.57. The van der Waals surface area contributed by atoms with Crippen molar-refractivity contribution in [2.45, 2.75) is 18.9 Å². The van der Waals surface area contributed by atoms with Crippen LogP contribution in [-0.4, -0.2) is 31.7 Å². The first-order valence-corrected chi connectivity index (χ1v) is 11.9. The number of hydrogen-bond acceptors (Lipinski definition) is 9. The van der Waals surface area contributed by atoms with Gasteiger partial charge in [-0.05, 0) is 47.5 Å². The number of rotatable bonds is 7. The van der Waals surface area contributed by atoms with Crippen molar-refractivity contribution < 1.29 is 38.0 Å². The molecule has 10 heteroatoms. The van der Waals surface area contributed by atoms with E-state index in [9.17, 15) is 14.7 Å². The summed E-state index contributed by atoms with van der Waals surface area (Å²) < 4.78 is 32.8. The molecule has 0 unspecified atom stereocenters. The molecular weight excluding hydrogens is 494 g/mol. The first kappa shape index (κ1) is 23.5. The molecule has 0 saturated heterocycles. The van der Waals surface area contributed by atoms with Gasteiger partial charge in [0.1, 0.15) is 11.3 Å². The summed E-state index contributed by atoms with van der Waals surface area (Å²) in [6.07, 6.45) is -0.163. The maximum Gasteiger partial charge on any atom is 0.343 e. The van der Waals surface area contributed by atoms with Gasteiger partial charge >= 0.3 is 5.63 Å². The SMILES string of the molecule is COc1cc([C@@H](CC(=O)NCc2ccc3c(c2)OCO3)c2c(O)c3ccccc3oc2=O)cc2c1OCO2. The lowest BCUT2D eigenvalue weighted by Crippen LogP contribution is -2.26. The standard InChI is InChI=1S/C28H23NO9/c1-33-22-9-16(10-23-27(22)37-14-36-23)18(25-26(31)17-4-2-3-5-19(17)38-28(25)32)11-24(30)29-12-15-6-7-20-21(8-15)35-13-34-20/h2-10,18,31H,11-14H2,1H3,(H,29,30)/t18-/m1/s1. The molecule has 3 aromatic carbocycles. The minimum Gasteiger partial charge on any atom is -0.507 e. The minimum absolute atomic E-state index is 0.0131. The van der Waals surface area contributed by atoms with Crippen LogP contribution in [0.4, 0.5) is 0 Å². The zero-order valence-corrected chi connectivity index (χ0v) is 20.3. The summed E-state index contributed by atoms with van der Waals surface area (Å²) in [4.78, 5) is 26.4. The third-order valence-electron chi connectivity index (χ3n) is 6.57. The molecule has 0 fully saturated rings. The number of amides is 1. The summed E-state index contributed by atoms with van der Waals surface area (Å²) in [5.74, 6) is 1.00. The van der Waals surface area contributed by atoms with Gasteiger partial charge in [0.2, 0.25) is 25.2 Å². The maximum absolute atomic E-state index is 13.2. The molecule has 0 saturated carbocycles. The Morgan fingerprint density at radius 1 is 1.00 bits per heavy atom. The van der Waals surface area contributed by atoms with Crippen molar-refractivity contribution in [1.82, 2.24) is 5.32 Å². The molecule has 2 N–H and O–H groups in total. The molecule has 194 valence electrons. The van der Waals surface area contributed by atoms with Crippen LogP contribution in [-0.2, 0) is 11.3 Å². The average molecular weight is 517 g/mol. The first-order chi connectivity index (χ1) is 18.5. The van der Waals surface area contributed by atoms with Gasteiger partial charge in [0.15, 0.2) is 23.0 Å². The molecule has 0 radical (unpaired) electrons. The Kier molecular flexibility index (Phi) is 5.91. The van der Waals surface area contributed by atoms with Crippen LogP contribution in [0.15, 0.2) is 63.8 Å². The van der Waals surface area contributed by atoms with Gasteiger partial charge in [-0.3, -0.25) is 4.79 Å². The van der Waals surface area contributed by atoms with Crippen LogP contribution in [0.5, 0.6) is 34.5 Å². The highest BCUT2D eigenvalue weighted by molar-refractivity contribution is 5.85. The molecule has 0 aliphatic carbocycles. The predicted molar refractivity (Wildman–Crippen MR) is 134 cm³/mol. The highest BCUT2D eigenvalue weighted by Gasteiger charge is 2.30. The molecule has 2 aliphatic heterocycles. The fourth-order valence-corrected chi connectivity index (χ4v) is 4.70. The van der Waals surface area contributed by atoms with Gasteiger partial charge in [-0.15, -0.1) is 0 Å². The van der Waals surface area contributed by atoms with E-state index in [0.717, 1.165) is 5.56 Å². The van der Waals surface area contributed by atoms with Crippen LogP contribution in [0.2, 0.25) is 0 Å². The van der Waals surface area contributed by atoms with E-state index in [2.05, 4.69) is 5.32 Å². The second-order valence-electron chi connectivity index (χ2n) is 8.83. The highest BCUT2D eigenvalue weighted by Crippen LogP contribution is 2.46. The summed E-state index contributed by atoms with van der Waals surface area (Å²) in [6.45, 7) is 0.397. The van der Waals surface area contributed by atoms with Crippen LogP contribution in [0, 0.1) is 0 Å². The van der Waals surface area contributed by atoms with Gasteiger partial charge in [-0.1, -0.05) is 18.2 Å². The number of carbonyl (C=O) groups excluding carboxylic acids is 1. The van der Waals surface area contributed by atoms with E-state index in [-0.39, 0.29) is 49.4 Å². The van der Waals surface area contributed by atoms with E-state index in [4.69, 9.17) is 28.1 Å². The topological polar surface area (TPSA) is 126 Å². The Bertz CT molecular complexity index is 1610. The summed E-state index contributed by atoms with van der Waals surface area (Å²) in [6, 6.07) is 15.4. The lowest BCUT2D eigenvalue weighted by atomic mass is 9.87. The lowest BCUT2D eigenvalue weighted by Gasteiger charge is -2.20. The Labute approximate surface area is 216 Å². The zero-order chi connectivity index (χ0) is 26.2. The Balaban J connectivity index is 1.36. The number of methoxy groups -OCH3 is 1. The summed E-state index contributed by atoms with van der Waals surface area (Å²) >= 11 is 0. The number of nitrogens with one attached hydrogen (secondary N) is 1. The summed E-state index contributed by atoms with van der Waals surface area (Å²) in [5.41, 5.74) is 0.793. The predicted octanol–water partition coefficient (Wildman–Crippen LogP) is 3.80. The summed E-state index contributed by atoms with van der Waals surface area (Å²) in [5, 5.41) is 14.4. The fourth-order valence-electron chi connectivity index (χ4n) is 4.70. The van der Waals surface area contributed by atoms with Crippen LogP contribution in [0.3, 0.4) is 0 Å². The van der Waals surface area contributed by atoms with Crippen molar-refractivity contribution in [1.29, 1.82) is 0 Å². The maximum atomic E-state index is 13.2. The highest BCUT2D eigenvalue weighted by atomic mass is 16.7. The average Bonchev–Trinajstić information content (AvgIpc) is 3.60. The number of para-hydroxylation sites is 1. The smallest absolute Gasteiger partial charge is 0.343 e. The first-order valence-electron chi connectivity index (χ1n) is 11.9. The molecule has 10 nitrogen and oxygen atoms in total. The van der Waals surface area contributed by atoms with E-state index in [1.165, 1.54) is 7.11 Å². The van der Waals surface area contributed by atoms with E-state index < -0.39 is 11.5 Å². The molecule has 2 aliphatic rings. The zero-order valence-electron chi connectivity index (χ0n) is 20.3. The number of benzene rings is 3. The lowest BCUT2D eigenvalue weighted by molar-refractivity contribution is -0.121.